The molecular formula is C15H21BrN2O2S. The molecule has 0 amide bonds. The van der Waals surface area contributed by atoms with Crippen molar-refractivity contribution in [3.05, 3.63) is 27.7 Å². The first-order valence-electron chi connectivity index (χ1n) is 6.62. The molecule has 116 valence electrons. The van der Waals surface area contributed by atoms with Gasteiger partial charge in [-0.25, -0.2) is 8.42 Å². The van der Waals surface area contributed by atoms with Crippen molar-refractivity contribution in [3.63, 3.8) is 0 Å². The zero-order valence-electron chi connectivity index (χ0n) is 12.8. The summed E-state index contributed by atoms with van der Waals surface area (Å²) in [6.07, 6.45) is 5.21. The molecule has 6 heteroatoms. The molecule has 0 aliphatic heterocycles. The van der Waals surface area contributed by atoms with E-state index in [0.717, 1.165) is 10.0 Å². The van der Waals surface area contributed by atoms with Crippen LogP contribution in [0.2, 0.25) is 0 Å². The van der Waals surface area contributed by atoms with Crippen molar-refractivity contribution in [1.29, 1.82) is 0 Å². The first-order valence-corrected chi connectivity index (χ1v) is 8.85. The molecule has 1 aromatic rings. The summed E-state index contributed by atoms with van der Waals surface area (Å²) in [5.41, 5.74) is 1.60. The van der Waals surface area contributed by atoms with E-state index in [4.69, 9.17) is 6.42 Å². The molecule has 0 aliphatic carbocycles. The summed E-state index contributed by atoms with van der Waals surface area (Å²) in [5, 5.41) is 3.28. The maximum atomic E-state index is 12.6. The second kappa shape index (κ2) is 7.41. The van der Waals surface area contributed by atoms with Crippen LogP contribution in [0, 0.1) is 19.3 Å². The lowest BCUT2D eigenvalue weighted by molar-refractivity contribution is 0.502. The van der Waals surface area contributed by atoms with Crippen LogP contribution in [-0.4, -0.2) is 32.4 Å². The van der Waals surface area contributed by atoms with Gasteiger partial charge in [0.05, 0.1) is 11.4 Å². The van der Waals surface area contributed by atoms with Crippen LogP contribution < -0.4 is 5.32 Å². The van der Waals surface area contributed by atoms with E-state index in [-0.39, 0.29) is 11.4 Å². The summed E-state index contributed by atoms with van der Waals surface area (Å²) in [4.78, 5) is 0.287. The fraction of sp³-hybridized carbons (Fsp3) is 0.467. The summed E-state index contributed by atoms with van der Waals surface area (Å²) in [6, 6.07) is 3.97. The van der Waals surface area contributed by atoms with Gasteiger partial charge in [0.2, 0.25) is 10.0 Å². The number of nitrogens with one attached hydrogen (secondary N) is 1. The monoisotopic (exact) mass is 372 g/mol. The van der Waals surface area contributed by atoms with Gasteiger partial charge in [-0.3, -0.25) is 0 Å². The quantitative estimate of drug-likeness (QED) is 0.780. The lowest BCUT2D eigenvalue weighted by atomic mass is 10.1. The second-order valence-corrected chi connectivity index (χ2v) is 8.07. The molecular weight excluding hydrogens is 352 g/mol. The molecule has 0 unspecified atom stereocenters. The summed E-state index contributed by atoms with van der Waals surface area (Å²) >= 11 is 3.43. The number of sulfonamides is 1. The molecule has 1 N–H and O–H groups in total. The minimum Gasteiger partial charge on any atom is -0.310 e. The normalized spacial score (nSPS) is 11.9. The van der Waals surface area contributed by atoms with E-state index in [1.54, 1.807) is 13.0 Å². The van der Waals surface area contributed by atoms with Crippen LogP contribution in [0.5, 0.6) is 0 Å². The van der Waals surface area contributed by atoms with Crippen LogP contribution in [0.1, 0.15) is 25.0 Å². The van der Waals surface area contributed by atoms with Crippen LogP contribution in [0.3, 0.4) is 0 Å². The van der Waals surface area contributed by atoms with Crippen LogP contribution in [0.4, 0.5) is 0 Å². The SMILES string of the molecule is C#CCN(C)S(=O)(=O)c1cc(CNC(C)C)cc(Br)c1C. The molecule has 21 heavy (non-hydrogen) atoms. The fourth-order valence-corrected chi connectivity index (χ4v) is 3.80. The minimum absolute atomic E-state index is 0.0495. The highest BCUT2D eigenvalue weighted by molar-refractivity contribution is 9.10. The predicted octanol–water partition coefficient (Wildman–Crippen LogP) is 2.51. The molecule has 0 saturated carbocycles. The van der Waals surface area contributed by atoms with Gasteiger partial charge in [-0.05, 0) is 30.2 Å². The predicted molar refractivity (Wildman–Crippen MR) is 89.5 cm³/mol. The summed E-state index contributed by atoms with van der Waals surface area (Å²) < 4.78 is 27.1. The highest BCUT2D eigenvalue weighted by atomic mass is 79.9. The Bertz CT molecular complexity index is 648. The molecule has 0 aliphatic rings. The Kier molecular flexibility index (Phi) is 6.41. The number of hydrogen-bond acceptors (Lipinski definition) is 3. The molecule has 0 aromatic heterocycles. The number of halogens is 1. The highest BCUT2D eigenvalue weighted by Crippen LogP contribution is 2.27. The number of rotatable bonds is 6. The van der Waals surface area contributed by atoms with Crippen LogP contribution in [0.15, 0.2) is 21.5 Å². The Labute approximate surface area is 136 Å². The van der Waals surface area contributed by atoms with Gasteiger partial charge >= 0.3 is 0 Å². The molecule has 0 radical (unpaired) electrons. The van der Waals surface area contributed by atoms with Crippen molar-refractivity contribution in [2.24, 2.45) is 0 Å². The van der Waals surface area contributed by atoms with E-state index in [1.807, 2.05) is 19.9 Å². The summed E-state index contributed by atoms with van der Waals surface area (Å²) in [5.74, 6) is 2.35. The summed E-state index contributed by atoms with van der Waals surface area (Å²) in [7, 11) is -2.09. The zero-order valence-corrected chi connectivity index (χ0v) is 15.2. The Morgan fingerprint density at radius 1 is 1.43 bits per heavy atom. The maximum Gasteiger partial charge on any atom is 0.244 e. The standard InChI is InChI=1S/C15H21BrN2O2S/c1-6-7-18(5)21(19,20)15-9-13(10-17-11(2)3)8-14(16)12(15)4/h1,8-9,11,17H,7,10H2,2-5H3. The van der Waals surface area contributed by atoms with Crippen LogP contribution >= 0.6 is 15.9 Å². The highest BCUT2D eigenvalue weighted by Gasteiger charge is 2.23. The molecule has 1 aromatic carbocycles. The maximum absolute atomic E-state index is 12.6. The van der Waals surface area contributed by atoms with E-state index < -0.39 is 10.0 Å². The van der Waals surface area contributed by atoms with Gasteiger partial charge in [0, 0.05) is 24.1 Å². The lowest BCUT2D eigenvalue weighted by Gasteiger charge is -2.18. The smallest absolute Gasteiger partial charge is 0.244 e. The molecule has 4 nitrogen and oxygen atoms in total. The Morgan fingerprint density at radius 2 is 2.05 bits per heavy atom. The summed E-state index contributed by atoms with van der Waals surface area (Å²) in [6.45, 7) is 6.52. The largest absolute Gasteiger partial charge is 0.310 e. The average molecular weight is 373 g/mol. The third-order valence-corrected chi connectivity index (χ3v) is 5.83. The first-order chi connectivity index (χ1) is 9.70. The van der Waals surface area contributed by atoms with E-state index in [9.17, 15) is 8.42 Å². The van der Waals surface area contributed by atoms with Crippen molar-refractivity contribution in [3.8, 4) is 12.3 Å². The third-order valence-electron chi connectivity index (χ3n) is 3.07. The Morgan fingerprint density at radius 3 is 2.57 bits per heavy atom. The van der Waals surface area contributed by atoms with Crippen LogP contribution in [0.25, 0.3) is 0 Å². The topological polar surface area (TPSA) is 49.4 Å². The van der Waals surface area contributed by atoms with Gasteiger partial charge in [-0.1, -0.05) is 35.7 Å². The van der Waals surface area contributed by atoms with Crippen molar-refractivity contribution in [2.45, 2.75) is 38.3 Å². The molecule has 0 heterocycles. The van der Waals surface area contributed by atoms with E-state index in [2.05, 4.69) is 27.2 Å². The van der Waals surface area contributed by atoms with Crippen LogP contribution in [-0.2, 0) is 16.6 Å². The Balaban J connectivity index is 3.26. The third kappa shape index (κ3) is 4.55. The number of terminal acetylenes is 1. The number of nitrogens with zero attached hydrogens (tertiary/aromatic N) is 1. The van der Waals surface area contributed by atoms with E-state index in [1.165, 1.54) is 11.4 Å². The molecule has 0 spiro atoms. The van der Waals surface area contributed by atoms with Gasteiger partial charge < -0.3 is 5.32 Å². The van der Waals surface area contributed by atoms with Gasteiger partial charge in [0.25, 0.3) is 0 Å². The van der Waals surface area contributed by atoms with Crippen molar-refractivity contribution < 1.29 is 8.42 Å². The number of benzene rings is 1. The number of hydrogen-bond donors (Lipinski definition) is 1. The lowest BCUT2D eigenvalue weighted by Crippen LogP contribution is -2.28. The van der Waals surface area contributed by atoms with Gasteiger partial charge in [-0.2, -0.15) is 4.31 Å². The van der Waals surface area contributed by atoms with Crippen molar-refractivity contribution in [1.82, 2.24) is 9.62 Å². The molecule has 0 fully saturated rings. The zero-order chi connectivity index (χ0) is 16.2. The van der Waals surface area contributed by atoms with Gasteiger partial charge in [0.15, 0.2) is 0 Å². The molecule has 1 rings (SSSR count). The van der Waals surface area contributed by atoms with Gasteiger partial charge in [0.1, 0.15) is 0 Å². The molecule has 0 bridgehead atoms. The average Bonchev–Trinajstić information content (AvgIpc) is 2.39. The van der Waals surface area contributed by atoms with Crippen molar-refractivity contribution >= 4 is 26.0 Å². The molecule has 0 saturated heterocycles. The Hall–Kier alpha value is -0.870. The van der Waals surface area contributed by atoms with E-state index in [0.29, 0.717) is 18.2 Å². The first kappa shape index (κ1) is 18.2. The fourth-order valence-electron chi connectivity index (χ4n) is 1.78. The minimum atomic E-state index is -3.58. The van der Waals surface area contributed by atoms with Gasteiger partial charge in [-0.15, -0.1) is 6.42 Å². The second-order valence-electron chi connectivity index (χ2n) is 5.20. The van der Waals surface area contributed by atoms with Crippen molar-refractivity contribution in [2.75, 3.05) is 13.6 Å². The molecule has 0 atom stereocenters. The van der Waals surface area contributed by atoms with E-state index >= 15 is 0 Å².